The minimum atomic E-state index is -0.367. The summed E-state index contributed by atoms with van der Waals surface area (Å²) in [4.78, 5) is 17.4. The van der Waals surface area contributed by atoms with Crippen LogP contribution in [-0.4, -0.2) is 59.1 Å². The van der Waals surface area contributed by atoms with E-state index in [1.165, 1.54) is 0 Å². The number of halogens is 2. The molecule has 3 aromatic carbocycles. The highest BCUT2D eigenvalue weighted by molar-refractivity contribution is 6.42. The Hall–Kier alpha value is -3.39. The van der Waals surface area contributed by atoms with E-state index in [2.05, 4.69) is 27.2 Å². The van der Waals surface area contributed by atoms with Crippen molar-refractivity contribution in [2.24, 2.45) is 0 Å². The zero-order valence-corrected chi connectivity index (χ0v) is 24.0. The van der Waals surface area contributed by atoms with E-state index in [4.69, 9.17) is 33.4 Å². The van der Waals surface area contributed by atoms with Gasteiger partial charge in [-0.1, -0.05) is 82.9 Å². The zero-order valence-electron chi connectivity index (χ0n) is 22.5. The molecule has 0 aliphatic carbocycles. The van der Waals surface area contributed by atoms with E-state index in [1.54, 1.807) is 4.90 Å². The number of likely N-dealkylation sites (N-methyl/N-ethyl adjacent to an activating group) is 1. The first-order valence-corrected chi connectivity index (χ1v) is 14.2. The van der Waals surface area contributed by atoms with Crippen LogP contribution in [0.2, 0.25) is 10.0 Å². The number of nitrogen functional groups attached to an aromatic ring is 1. The van der Waals surface area contributed by atoms with E-state index in [1.807, 2.05) is 73.8 Å². The van der Waals surface area contributed by atoms with E-state index in [-0.39, 0.29) is 23.3 Å². The van der Waals surface area contributed by atoms with E-state index < -0.39 is 0 Å². The van der Waals surface area contributed by atoms with Crippen molar-refractivity contribution in [3.05, 3.63) is 111 Å². The standard InChI is InChI=1S/C31H33Cl2N5O2/c1-37(28(39)22-8-4-2-5-9-22)21-24(23-12-13-26(32)27(33)20-23)14-17-38-18-15-31(16-19-38,25-10-6-3-7-11-25)29-35-36-30(34)40-29/h2-13,20,24H,14-19,21H2,1H3,(H2,34,36). The minimum Gasteiger partial charge on any atom is -0.407 e. The van der Waals surface area contributed by atoms with Crippen LogP contribution >= 0.6 is 23.2 Å². The monoisotopic (exact) mass is 577 g/mol. The third kappa shape index (κ3) is 6.17. The van der Waals surface area contributed by atoms with E-state index >= 15 is 0 Å². The molecule has 2 heterocycles. The fourth-order valence-electron chi connectivity index (χ4n) is 5.65. The van der Waals surface area contributed by atoms with Gasteiger partial charge in [-0.2, -0.15) is 0 Å². The first kappa shape index (κ1) is 28.1. The summed E-state index contributed by atoms with van der Waals surface area (Å²) in [6, 6.07) is 25.5. The van der Waals surface area contributed by atoms with Crippen LogP contribution < -0.4 is 5.73 Å². The molecule has 208 valence electrons. The second-order valence-corrected chi connectivity index (χ2v) is 11.3. The Morgan fingerprint density at radius 1 is 1.00 bits per heavy atom. The molecule has 1 fully saturated rings. The summed E-state index contributed by atoms with van der Waals surface area (Å²) in [6.45, 7) is 3.16. The Bertz CT molecular complexity index is 1420. The van der Waals surface area contributed by atoms with Crippen LogP contribution in [0.5, 0.6) is 0 Å². The molecule has 9 heteroatoms. The van der Waals surface area contributed by atoms with Gasteiger partial charge in [-0.25, -0.2) is 0 Å². The molecule has 1 aliphatic heterocycles. The fourth-order valence-corrected chi connectivity index (χ4v) is 5.96. The molecule has 0 saturated carbocycles. The molecule has 2 N–H and O–H groups in total. The van der Waals surface area contributed by atoms with Crippen LogP contribution in [0.1, 0.15) is 52.6 Å². The number of amides is 1. The summed E-state index contributed by atoms with van der Waals surface area (Å²) in [5.41, 5.74) is 8.34. The molecule has 40 heavy (non-hydrogen) atoms. The number of hydrogen-bond acceptors (Lipinski definition) is 6. The van der Waals surface area contributed by atoms with Crippen molar-refractivity contribution < 1.29 is 9.21 Å². The maximum absolute atomic E-state index is 13.1. The van der Waals surface area contributed by atoms with Gasteiger partial charge in [0.2, 0.25) is 5.89 Å². The van der Waals surface area contributed by atoms with Crippen LogP contribution in [0.3, 0.4) is 0 Å². The second-order valence-electron chi connectivity index (χ2n) is 10.4. The zero-order chi connectivity index (χ0) is 28.1. The lowest BCUT2D eigenvalue weighted by molar-refractivity contribution is 0.0780. The predicted octanol–water partition coefficient (Wildman–Crippen LogP) is 6.29. The van der Waals surface area contributed by atoms with Crippen molar-refractivity contribution >= 4 is 35.1 Å². The minimum absolute atomic E-state index is 0.00453. The number of hydrogen-bond donors (Lipinski definition) is 1. The summed E-state index contributed by atoms with van der Waals surface area (Å²) in [7, 11) is 1.85. The smallest absolute Gasteiger partial charge is 0.312 e. The number of anilines is 1. The molecule has 1 aromatic heterocycles. The highest BCUT2D eigenvalue weighted by Gasteiger charge is 2.42. The molecular formula is C31H33Cl2N5O2. The Labute approximate surface area is 244 Å². The quantitative estimate of drug-likeness (QED) is 0.251. The average Bonchev–Trinajstić information content (AvgIpc) is 3.44. The molecule has 1 saturated heterocycles. The molecule has 0 radical (unpaired) electrons. The first-order valence-electron chi connectivity index (χ1n) is 13.5. The molecule has 5 rings (SSSR count). The van der Waals surface area contributed by atoms with Gasteiger partial charge in [-0.15, -0.1) is 5.10 Å². The SMILES string of the molecule is CN(CC(CCN1CCC(c2ccccc2)(c2nnc(N)o2)CC1)c1ccc(Cl)c(Cl)c1)C(=O)c1ccccc1. The third-order valence-electron chi connectivity index (χ3n) is 7.96. The first-order chi connectivity index (χ1) is 19.4. The Kier molecular flexibility index (Phi) is 8.74. The van der Waals surface area contributed by atoms with Crippen molar-refractivity contribution in [1.82, 2.24) is 20.0 Å². The van der Waals surface area contributed by atoms with Crippen molar-refractivity contribution in [2.45, 2.75) is 30.6 Å². The molecular weight excluding hydrogens is 545 g/mol. The van der Waals surface area contributed by atoms with Gasteiger partial charge >= 0.3 is 6.01 Å². The molecule has 1 aliphatic rings. The normalized spacial score (nSPS) is 16.0. The number of nitrogens with two attached hydrogens (primary N) is 1. The molecule has 4 aromatic rings. The number of carbonyl (C=O) groups is 1. The van der Waals surface area contributed by atoms with Gasteiger partial charge in [0.1, 0.15) is 0 Å². The van der Waals surface area contributed by atoms with E-state index in [0.29, 0.717) is 28.0 Å². The number of rotatable bonds is 9. The highest BCUT2D eigenvalue weighted by atomic mass is 35.5. The molecule has 0 bridgehead atoms. The fraction of sp³-hybridized carbons (Fsp3) is 0.323. The number of likely N-dealkylation sites (tertiary alicyclic amines) is 1. The third-order valence-corrected chi connectivity index (χ3v) is 8.70. The van der Waals surface area contributed by atoms with Crippen molar-refractivity contribution in [3.63, 3.8) is 0 Å². The number of carbonyl (C=O) groups excluding carboxylic acids is 1. The lowest BCUT2D eigenvalue weighted by Crippen LogP contribution is -2.44. The van der Waals surface area contributed by atoms with Gasteiger partial charge in [-0.05, 0) is 74.3 Å². The number of piperidine rings is 1. The van der Waals surface area contributed by atoms with E-state index in [0.717, 1.165) is 50.0 Å². The summed E-state index contributed by atoms with van der Waals surface area (Å²) in [5.74, 6) is 0.657. The second kappa shape index (κ2) is 12.4. The predicted molar refractivity (Wildman–Crippen MR) is 159 cm³/mol. The molecule has 1 atom stereocenters. The maximum Gasteiger partial charge on any atom is 0.312 e. The number of benzene rings is 3. The lowest BCUT2D eigenvalue weighted by Gasteiger charge is -2.40. The summed E-state index contributed by atoms with van der Waals surface area (Å²) < 4.78 is 5.77. The van der Waals surface area contributed by atoms with Gasteiger partial charge in [0.15, 0.2) is 0 Å². The maximum atomic E-state index is 13.1. The van der Waals surface area contributed by atoms with Crippen molar-refractivity contribution in [3.8, 4) is 0 Å². The van der Waals surface area contributed by atoms with Gasteiger partial charge < -0.3 is 20.0 Å². The van der Waals surface area contributed by atoms with E-state index in [9.17, 15) is 4.79 Å². The molecule has 0 spiro atoms. The lowest BCUT2D eigenvalue weighted by atomic mass is 9.72. The Morgan fingerprint density at radius 3 is 2.30 bits per heavy atom. The Balaban J connectivity index is 1.30. The van der Waals surface area contributed by atoms with Crippen LogP contribution in [0.4, 0.5) is 6.01 Å². The Morgan fingerprint density at radius 2 is 1.68 bits per heavy atom. The highest BCUT2D eigenvalue weighted by Crippen LogP contribution is 2.41. The molecule has 1 unspecified atom stereocenters. The van der Waals surface area contributed by atoms with Crippen molar-refractivity contribution in [2.75, 3.05) is 39.0 Å². The summed E-state index contributed by atoms with van der Waals surface area (Å²) in [5, 5.41) is 9.28. The van der Waals surface area contributed by atoms with Gasteiger partial charge in [0, 0.05) is 25.1 Å². The number of nitrogens with zero attached hydrogens (tertiary/aromatic N) is 4. The molecule has 7 nitrogen and oxygen atoms in total. The molecule has 1 amide bonds. The van der Waals surface area contributed by atoms with Crippen LogP contribution in [0, 0.1) is 0 Å². The van der Waals surface area contributed by atoms with Crippen LogP contribution in [-0.2, 0) is 5.41 Å². The van der Waals surface area contributed by atoms with Gasteiger partial charge in [0.25, 0.3) is 5.91 Å². The van der Waals surface area contributed by atoms with Crippen molar-refractivity contribution in [1.29, 1.82) is 0 Å². The van der Waals surface area contributed by atoms with Crippen LogP contribution in [0.15, 0.2) is 83.3 Å². The summed E-state index contributed by atoms with van der Waals surface area (Å²) in [6.07, 6.45) is 2.53. The largest absolute Gasteiger partial charge is 0.407 e. The number of aromatic nitrogens is 2. The topological polar surface area (TPSA) is 88.5 Å². The average molecular weight is 579 g/mol. The van der Waals surface area contributed by atoms with Crippen LogP contribution in [0.25, 0.3) is 0 Å². The van der Waals surface area contributed by atoms with Gasteiger partial charge in [0.05, 0.1) is 15.5 Å². The van der Waals surface area contributed by atoms with Gasteiger partial charge in [-0.3, -0.25) is 4.79 Å². The summed E-state index contributed by atoms with van der Waals surface area (Å²) >= 11 is 12.6.